The van der Waals surface area contributed by atoms with Gasteiger partial charge in [-0.05, 0) is 31.9 Å². The van der Waals surface area contributed by atoms with Crippen LogP contribution in [-0.2, 0) is 16.1 Å². The molecule has 0 unspecified atom stereocenters. The van der Waals surface area contributed by atoms with Crippen LogP contribution in [0.1, 0.15) is 25.3 Å². The monoisotopic (exact) mass is 304 g/mol. The van der Waals surface area contributed by atoms with Crippen LogP contribution in [0.2, 0.25) is 0 Å². The number of likely N-dealkylation sites (N-methyl/N-ethyl adjacent to an activating group) is 1. The van der Waals surface area contributed by atoms with Crippen LogP contribution in [0, 0.1) is 5.92 Å². The van der Waals surface area contributed by atoms with Gasteiger partial charge in [-0.25, -0.2) is 0 Å². The SMILES string of the molecule is CCN(Cc1ccccc1)C(=O)CN1CCC[C@@H](C(=O)O)C1. The number of aliphatic carboxylic acids is 1. The van der Waals surface area contributed by atoms with E-state index in [0.29, 0.717) is 32.6 Å². The first-order valence-electron chi connectivity index (χ1n) is 7.87. The van der Waals surface area contributed by atoms with Crippen molar-refractivity contribution in [3.05, 3.63) is 35.9 Å². The molecule has 5 nitrogen and oxygen atoms in total. The maximum atomic E-state index is 12.5. The highest BCUT2D eigenvalue weighted by Gasteiger charge is 2.27. The third-order valence-electron chi connectivity index (χ3n) is 4.16. The van der Waals surface area contributed by atoms with Gasteiger partial charge < -0.3 is 10.0 Å². The Morgan fingerprint density at radius 3 is 2.68 bits per heavy atom. The van der Waals surface area contributed by atoms with E-state index in [4.69, 9.17) is 5.11 Å². The lowest BCUT2D eigenvalue weighted by Crippen LogP contribution is -2.45. The van der Waals surface area contributed by atoms with Crippen LogP contribution in [0.4, 0.5) is 0 Å². The van der Waals surface area contributed by atoms with Gasteiger partial charge in [-0.2, -0.15) is 0 Å². The van der Waals surface area contributed by atoms with Gasteiger partial charge in [0, 0.05) is 19.6 Å². The molecule has 1 atom stereocenters. The highest BCUT2D eigenvalue weighted by atomic mass is 16.4. The second-order valence-electron chi connectivity index (χ2n) is 5.81. The quantitative estimate of drug-likeness (QED) is 0.871. The maximum absolute atomic E-state index is 12.5. The van der Waals surface area contributed by atoms with E-state index in [1.54, 1.807) is 0 Å². The first kappa shape index (κ1) is 16.5. The summed E-state index contributed by atoms with van der Waals surface area (Å²) in [5.41, 5.74) is 1.11. The van der Waals surface area contributed by atoms with Gasteiger partial charge in [-0.1, -0.05) is 30.3 Å². The number of hydrogen-bond acceptors (Lipinski definition) is 3. The molecule has 1 aliphatic heterocycles. The number of hydrogen-bond donors (Lipinski definition) is 1. The minimum Gasteiger partial charge on any atom is -0.481 e. The third kappa shape index (κ3) is 4.56. The van der Waals surface area contributed by atoms with Crippen molar-refractivity contribution in [3.63, 3.8) is 0 Å². The van der Waals surface area contributed by atoms with Crippen molar-refractivity contribution >= 4 is 11.9 Å². The fourth-order valence-electron chi connectivity index (χ4n) is 2.87. The standard InChI is InChI=1S/C17H24N2O3/c1-2-19(11-14-7-4-3-5-8-14)16(20)13-18-10-6-9-15(12-18)17(21)22/h3-5,7-8,15H,2,6,9-13H2,1H3,(H,21,22)/t15-/m1/s1. The number of carboxylic acids is 1. The van der Waals surface area contributed by atoms with Crippen molar-refractivity contribution in [2.24, 2.45) is 5.92 Å². The Morgan fingerprint density at radius 2 is 2.05 bits per heavy atom. The summed E-state index contributed by atoms with van der Waals surface area (Å²) in [4.78, 5) is 27.3. The zero-order chi connectivity index (χ0) is 15.9. The number of likely N-dealkylation sites (tertiary alicyclic amines) is 1. The first-order chi connectivity index (χ1) is 10.6. The Morgan fingerprint density at radius 1 is 1.32 bits per heavy atom. The number of carbonyl (C=O) groups is 2. The van der Waals surface area contributed by atoms with E-state index >= 15 is 0 Å². The Labute approximate surface area is 131 Å². The number of carboxylic acid groups (broad SMARTS) is 1. The molecule has 0 saturated carbocycles. The molecule has 120 valence electrons. The fraction of sp³-hybridized carbons (Fsp3) is 0.529. The fourth-order valence-corrected chi connectivity index (χ4v) is 2.87. The van der Waals surface area contributed by atoms with Gasteiger partial charge in [0.05, 0.1) is 12.5 Å². The van der Waals surface area contributed by atoms with Crippen molar-refractivity contribution in [2.45, 2.75) is 26.3 Å². The van der Waals surface area contributed by atoms with Crippen LogP contribution >= 0.6 is 0 Å². The topological polar surface area (TPSA) is 60.9 Å². The Balaban J connectivity index is 1.90. The average Bonchev–Trinajstić information content (AvgIpc) is 2.53. The number of nitrogens with zero attached hydrogens (tertiary/aromatic N) is 2. The highest BCUT2D eigenvalue weighted by molar-refractivity contribution is 5.78. The normalized spacial score (nSPS) is 18.9. The number of carbonyl (C=O) groups excluding carboxylic acids is 1. The lowest BCUT2D eigenvalue weighted by molar-refractivity contribution is -0.145. The second-order valence-corrected chi connectivity index (χ2v) is 5.81. The van der Waals surface area contributed by atoms with Crippen LogP contribution in [0.5, 0.6) is 0 Å². The third-order valence-corrected chi connectivity index (χ3v) is 4.16. The minimum atomic E-state index is -0.756. The van der Waals surface area contributed by atoms with Gasteiger partial charge >= 0.3 is 5.97 Å². The lowest BCUT2D eigenvalue weighted by Gasteiger charge is -2.32. The van der Waals surface area contributed by atoms with E-state index in [0.717, 1.165) is 18.5 Å². The van der Waals surface area contributed by atoms with Crippen molar-refractivity contribution in [1.29, 1.82) is 0 Å². The van der Waals surface area contributed by atoms with Gasteiger partial charge in [-0.15, -0.1) is 0 Å². The van der Waals surface area contributed by atoms with E-state index in [9.17, 15) is 9.59 Å². The van der Waals surface area contributed by atoms with Crippen molar-refractivity contribution in [2.75, 3.05) is 26.2 Å². The summed E-state index contributed by atoms with van der Waals surface area (Å²) in [7, 11) is 0. The van der Waals surface area contributed by atoms with E-state index in [-0.39, 0.29) is 11.8 Å². The number of benzene rings is 1. The molecule has 1 saturated heterocycles. The molecular formula is C17H24N2O3. The van der Waals surface area contributed by atoms with E-state index < -0.39 is 5.97 Å². The maximum Gasteiger partial charge on any atom is 0.307 e. The van der Waals surface area contributed by atoms with Crippen LogP contribution in [0.25, 0.3) is 0 Å². The molecule has 1 amide bonds. The van der Waals surface area contributed by atoms with Crippen molar-refractivity contribution < 1.29 is 14.7 Å². The van der Waals surface area contributed by atoms with Gasteiger partial charge in [0.1, 0.15) is 0 Å². The van der Waals surface area contributed by atoms with Crippen LogP contribution in [0.15, 0.2) is 30.3 Å². The van der Waals surface area contributed by atoms with Gasteiger partial charge in [0.25, 0.3) is 0 Å². The van der Waals surface area contributed by atoms with Crippen LogP contribution in [-0.4, -0.2) is 53.0 Å². The Kier molecular flexibility index (Phi) is 5.95. The number of piperidine rings is 1. The molecule has 0 spiro atoms. The van der Waals surface area contributed by atoms with Crippen molar-refractivity contribution in [1.82, 2.24) is 9.80 Å². The van der Waals surface area contributed by atoms with Gasteiger partial charge in [0.15, 0.2) is 0 Å². The molecule has 1 heterocycles. The number of rotatable bonds is 6. The predicted octanol–water partition coefficient (Wildman–Crippen LogP) is 1.83. The molecular weight excluding hydrogens is 280 g/mol. The summed E-state index contributed by atoms with van der Waals surface area (Å²) < 4.78 is 0. The molecule has 0 radical (unpaired) electrons. The lowest BCUT2D eigenvalue weighted by atomic mass is 9.98. The Hall–Kier alpha value is -1.88. The van der Waals surface area contributed by atoms with Crippen LogP contribution in [0.3, 0.4) is 0 Å². The first-order valence-corrected chi connectivity index (χ1v) is 7.87. The zero-order valence-electron chi connectivity index (χ0n) is 13.1. The predicted molar refractivity (Wildman–Crippen MR) is 84.3 cm³/mol. The molecule has 1 aliphatic rings. The molecule has 0 aromatic heterocycles. The summed E-state index contributed by atoms with van der Waals surface area (Å²) in [6.45, 7) is 4.82. The van der Waals surface area contributed by atoms with Crippen LogP contribution < -0.4 is 0 Å². The second kappa shape index (κ2) is 7.94. The van der Waals surface area contributed by atoms with Crippen molar-refractivity contribution in [3.8, 4) is 0 Å². The van der Waals surface area contributed by atoms with E-state index in [2.05, 4.69) is 0 Å². The average molecular weight is 304 g/mol. The summed E-state index contributed by atoms with van der Waals surface area (Å²) in [6, 6.07) is 9.92. The molecule has 1 aromatic rings. The molecule has 5 heteroatoms. The van der Waals surface area contributed by atoms with E-state index in [1.807, 2.05) is 47.1 Å². The van der Waals surface area contributed by atoms with Gasteiger partial charge in [-0.3, -0.25) is 14.5 Å². The summed E-state index contributed by atoms with van der Waals surface area (Å²) in [5, 5.41) is 9.12. The van der Waals surface area contributed by atoms with E-state index in [1.165, 1.54) is 0 Å². The molecule has 2 rings (SSSR count). The largest absolute Gasteiger partial charge is 0.481 e. The summed E-state index contributed by atoms with van der Waals surface area (Å²) >= 11 is 0. The molecule has 22 heavy (non-hydrogen) atoms. The number of amides is 1. The zero-order valence-corrected chi connectivity index (χ0v) is 13.1. The molecule has 1 N–H and O–H groups in total. The van der Waals surface area contributed by atoms with Gasteiger partial charge in [0.2, 0.25) is 5.91 Å². The summed E-state index contributed by atoms with van der Waals surface area (Å²) in [5.74, 6) is -1.03. The molecule has 0 aliphatic carbocycles. The highest BCUT2D eigenvalue weighted by Crippen LogP contribution is 2.16. The minimum absolute atomic E-state index is 0.0670. The molecule has 1 fully saturated rings. The molecule has 0 bridgehead atoms. The summed E-state index contributed by atoms with van der Waals surface area (Å²) in [6.07, 6.45) is 1.55. The molecule has 1 aromatic carbocycles. The Bertz CT molecular complexity index is 504. The smallest absolute Gasteiger partial charge is 0.307 e.